The van der Waals surface area contributed by atoms with E-state index in [0.29, 0.717) is 13.1 Å². The molecule has 0 aromatic carbocycles. The maximum atomic E-state index is 11.2. The lowest BCUT2D eigenvalue weighted by molar-refractivity contribution is -0.383. The van der Waals surface area contributed by atoms with Gasteiger partial charge in [0.2, 0.25) is 11.6 Å². The predicted molar refractivity (Wildman–Crippen MR) is 79.2 cm³/mol. The topological polar surface area (TPSA) is 106 Å². The Morgan fingerprint density at radius 1 is 1.29 bits per heavy atom. The smallest absolute Gasteiger partial charge is 0.353 e. The Kier molecular flexibility index (Phi) is 4.60. The van der Waals surface area contributed by atoms with Gasteiger partial charge in [0.25, 0.3) is 0 Å². The Balaban J connectivity index is 2.25. The van der Waals surface area contributed by atoms with Crippen LogP contribution in [0.2, 0.25) is 0 Å². The summed E-state index contributed by atoms with van der Waals surface area (Å²) in [6, 6.07) is 1.88. The first-order chi connectivity index (χ1) is 10.1. The van der Waals surface area contributed by atoms with Crippen LogP contribution in [0.4, 0.5) is 17.3 Å². The zero-order valence-corrected chi connectivity index (χ0v) is 11.8. The summed E-state index contributed by atoms with van der Waals surface area (Å²) in [4.78, 5) is 22.7. The normalized spacial score (nSPS) is 10.2. The number of hydrogen-bond acceptors (Lipinski definition) is 7. The number of anilines is 2. The maximum Gasteiger partial charge on any atom is 0.353 e. The van der Waals surface area contributed by atoms with Crippen molar-refractivity contribution in [1.29, 1.82) is 0 Å². The van der Waals surface area contributed by atoms with Crippen molar-refractivity contribution in [2.45, 2.75) is 20.4 Å². The van der Waals surface area contributed by atoms with Crippen LogP contribution < -0.4 is 10.6 Å². The highest BCUT2D eigenvalue weighted by atomic mass is 16.6. The van der Waals surface area contributed by atoms with Gasteiger partial charge in [0.05, 0.1) is 4.92 Å². The fourth-order valence-corrected chi connectivity index (χ4v) is 1.84. The summed E-state index contributed by atoms with van der Waals surface area (Å²) in [5, 5.41) is 17.1. The number of nitrogens with zero attached hydrogens (tertiary/aromatic N) is 4. The van der Waals surface area contributed by atoms with Crippen molar-refractivity contribution in [2.24, 2.45) is 0 Å². The first kappa shape index (κ1) is 14.6. The predicted octanol–water partition coefficient (Wildman–Crippen LogP) is 2.13. The standard InChI is InChI=1S/C13H16N6O2/c1-3-15-12-11(19(20)21)13(18-8-17-12)16-7-10-6-14-5-4-9(10)2/h4-6,8H,3,7H2,1-2H3,(H2,15,16,17,18). The van der Waals surface area contributed by atoms with E-state index in [-0.39, 0.29) is 17.3 Å². The van der Waals surface area contributed by atoms with Crippen LogP contribution in [0.15, 0.2) is 24.8 Å². The Morgan fingerprint density at radius 3 is 2.62 bits per heavy atom. The van der Waals surface area contributed by atoms with Crippen LogP contribution in [-0.4, -0.2) is 26.4 Å². The highest BCUT2D eigenvalue weighted by Gasteiger charge is 2.22. The van der Waals surface area contributed by atoms with E-state index in [1.807, 2.05) is 19.9 Å². The SMILES string of the molecule is CCNc1ncnc(NCc2cnccc2C)c1[N+](=O)[O-]. The first-order valence-electron chi connectivity index (χ1n) is 6.50. The molecule has 0 aliphatic heterocycles. The summed E-state index contributed by atoms with van der Waals surface area (Å²) < 4.78 is 0. The lowest BCUT2D eigenvalue weighted by atomic mass is 10.1. The fourth-order valence-electron chi connectivity index (χ4n) is 1.84. The molecule has 2 aromatic rings. The molecule has 21 heavy (non-hydrogen) atoms. The minimum atomic E-state index is -0.490. The van der Waals surface area contributed by atoms with Gasteiger partial charge < -0.3 is 10.6 Å². The van der Waals surface area contributed by atoms with Crippen molar-refractivity contribution in [2.75, 3.05) is 17.2 Å². The number of nitrogens with one attached hydrogen (secondary N) is 2. The van der Waals surface area contributed by atoms with E-state index in [9.17, 15) is 10.1 Å². The number of aromatic nitrogens is 3. The summed E-state index contributed by atoms with van der Waals surface area (Å²) in [6.45, 7) is 4.75. The van der Waals surface area contributed by atoms with Gasteiger partial charge >= 0.3 is 5.69 Å². The van der Waals surface area contributed by atoms with Crippen LogP contribution >= 0.6 is 0 Å². The van der Waals surface area contributed by atoms with Gasteiger partial charge in [-0.1, -0.05) is 0 Å². The van der Waals surface area contributed by atoms with Crippen LogP contribution in [0, 0.1) is 17.0 Å². The second kappa shape index (κ2) is 6.60. The second-order valence-corrected chi connectivity index (χ2v) is 4.36. The number of pyridine rings is 1. The molecule has 0 bridgehead atoms. The van der Waals surface area contributed by atoms with E-state index in [1.54, 1.807) is 12.4 Å². The van der Waals surface area contributed by atoms with Crippen molar-refractivity contribution in [3.63, 3.8) is 0 Å². The zero-order valence-electron chi connectivity index (χ0n) is 11.8. The average molecular weight is 288 g/mol. The Morgan fingerprint density at radius 2 is 2.00 bits per heavy atom. The van der Waals surface area contributed by atoms with Crippen molar-refractivity contribution >= 4 is 17.3 Å². The number of nitro groups is 1. The largest absolute Gasteiger partial charge is 0.364 e. The van der Waals surface area contributed by atoms with Crippen molar-refractivity contribution in [3.05, 3.63) is 46.0 Å². The molecule has 2 heterocycles. The molecule has 0 radical (unpaired) electrons. The fraction of sp³-hybridized carbons (Fsp3) is 0.308. The van der Waals surface area contributed by atoms with Crippen molar-refractivity contribution in [1.82, 2.24) is 15.0 Å². The van der Waals surface area contributed by atoms with Gasteiger partial charge in [0.1, 0.15) is 6.33 Å². The molecule has 0 aliphatic carbocycles. The molecule has 0 amide bonds. The third-order valence-corrected chi connectivity index (χ3v) is 2.94. The maximum absolute atomic E-state index is 11.2. The van der Waals surface area contributed by atoms with Crippen LogP contribution in [0.3, 0.4) is 0 Å². The minimum absolute atomic E-state index is 0.152. The van der Waals surface area contributed by atoms with Crippen LogP contribution in [-0.2, 0) is 6.54 Å². The van der Waals surface area contributed by atoms with Gasteiger partial charge in [0, 0.05) is 25.5 Å². The summed E-state index contributed by atoms with van der Waals surface area (Å²) in [7, 11) is 0. The molecule has 2 aromatic heterocycles. The molecule has 8 nitrogen and oxygen atoms in total. The minimum Gasteiger partial charge on any atom is -0.364 e. The Labute approximate surface area is 121 Å². The second-order valence-electron chi connectivity index (χ2n) is 4.36. The number of aryl methyl sites for hydroxylation is 1. The molecule has 0 fully saturated rings. The van der Waals surface area contributed by atoms with E-state index in [0.717, 1.165) is 11.1 Å². The average Bonchev–Trinajstić information content (AvgIpc) is 2.46. The number of rotatable bonds is 6. The molecule has 0 saturated carbocycles. The lowest BCUT2D eigenvalue weighted by Crippen LogP contribution is -2.10. The lowest BCUT2D eigenvalue weighted by Gasteiger charge is -2.10. The summed E-state index contributed by atoms with van der Waals surface area (Å²) in [5.74, 6) is 0.400. The van der Waals surface area contributed by atoms with Gasteiger partial charge in [-0.05, 0) is 31.0 Å². The van der Waals surface area contributed by atoms with Crippen molar-refractivity contribution in [3.8, 4) is 0 Å². The Bertz CT molecular complexity index is 646. The summed E-state index contributed by atoms with van der Waals surface area (Å²) in [6.07, 6.45) is 4.72. The molecule has 0 aliphatic rings. The molecule has 0 atom stereocenters. The van der Waals surface area contributed by atoms with Gasteiger partial charge in [-0.2, -0.15) is 0 Å². The van der Waals surface area contributed by atoms with Gasteiger partial charge in [-0.25, -0.2) is 9.97 Å². The highest BCUT2D eigenvalue weighted by Crippen LogP contribution is 2.29. The monoisotopic (exact) mass is 288 g/mol. The molecular weight excluding hydrogens is 272 g/mol. The van der Waals surface area contributed by atoms with E-state index in [1.165, 1.54) is 6.33 Å². The zero-order chi connectivity index (χ0) is 15.2. The third-order valence-electron chi connectivity index (χ3n) is 2.94. The Hall–Kier alpha value is -2.77. The van der Waals surface area contributed by atoms with Crippen LogP contribution in [0.25, 0.3) is 0 Å². The first-order valence-corrected chi connectivity index (χ1v) is 6.50. The molecule has 0 unspecified atom stereocenters. The quantitative estimate of drug-likeness (QED) is 0.619. The summed E-state index contributed by atoms with van der Waals surface area (Å²) in [5.41, 5.74) is 1.86. The van der Waals surface area contributed by atoms with Gasteiger partial charge in [-0.15, -0.1) is 0 Å². The molecule has 2 rings (SSSR count). The molecule has 2 N–H and O–H groups in total. The third kappa shape index (κ3) is 3.41. The molecular formula is C13H16N6O2. The number of hydrogen-bond donors (Lipinski definition) is 2. The van der Waals surface area contributed by atoms with Gasteiger partial charge in [-0.3, -0.25) is 15.1 Å². The molecule has 8 heteroatoms. The van der Waals surface area contributed by atoms with E-state index in [4.69, 9.17) is 0 Å². The summed E-state index contributed by atoms with van der Waals surface area (Å²) >= 11 is 0. The molecule has 0 spiro atoms. The van der Waals surface area contributed by atoms with E-state index in [2.05, 4.69) is 25.6 Å². The van der Waals surface area contributed by atoms with Crippen molar-refractivity contribution < 1.29 is 4.92 Å². The van der Waals surface area contributed by atoms with E-state index < -0.39 is 4.92 Å². The van der Waals surface area contributed by atoms with E-state index >= 15 is 0 Å². The molecule has 0 saturated heterocycles. The van der Waals surface area contributed by atoms with Crippen LogP contribution in [0.5, 0.6) is 0 Å². The van der Waals surface area contributed by atoms with Gasteiger partial charge in [0.15, 0.2) is 0 Å². The highest BCUT2D eigenvalue weighted by molar-refractivity contribution is 5.69. The van der Waals surface area contributed by atoms with Crippen LogP contribution in [0.1, 0.15) is 18.1 Å². The molecule has 110 valence electrons.